The van der Waals surface area contributed by atoms with Crippen molar-refractivity contribution in [1.82, 2.24) is 0 Å². The number of aliphatic hydroxyl groups excluding tert-OH is 1. The summed E-state index contributed by atoms with van der Waals surface area (Å²) < 4.78 is 0.702. The fraction of sp³-hybridized carbons (Fsp3) is 0.333. The molecule has 1 aromatic carbocycles. The lowest BCUT2D eigenvalue weighted by Crippen LogP contribution is -2.07. The number of phenols is 1. The molecule has 1 atom stereocenters. The molecule has 3 nitrogen and oxygen atoms in total. The standard InChI is InChI=1S/C9H12BrNO2/c10-8-5-6(12)1-2-7(8)9(13)3-4-11/h1-2,5,9,12-13H,3-4,11H2. The van der Waals surface area contributed by atoms with Crippen molar-refractivity contribution in [1.29, 1.82) is 0 Å². The van der Waals surface area contributed by atoms with Crippen LogP contribution in [-0.2, 0) is 0 Å². The summed E-state index contributed by atoms with van der Waals surface area (Å²) in [5.41, 5.74) is 6.08. The SMILES string of the molecule is NCCC(O)c1ccc(O)cc1Br. The van der Waals surface area contributed by atoms with Crippen LogP contribution in [0.4, 0.5) is 0 Å². The molecule has 0 fully saturated rings. The van der Waals surface area contributed by atoms with Gasteiger partial charge in [-0.25, -0.2) is 0 Å². The van der Waals surface area contributed by atoms with Gasteiger partial charge in [0, 0.05) is 4.47 Å². The first kappa shape index (κ1) is 10.5. The van der Waals surface area contributed by atoms with Gasteiger partial charge in [-0.3, -0.25) is 0 Å². The summed E-state index contributed by atoms with van der Waals surface area (Å²) in [7, 11) is 0. The Bertz CT molecular complexity index is 291. The molecule has 4 heteroatoms. The molecule has 0 aliphatic carbocycles. The predicted octanol–water partition coefficient (Wildman–Crippen LogP) is 1.54. The predicted molar refractivity (Wildman–Crippen MR) is 54.4 cm³/mol. The fourth-order valence-corrected chi connectivity index (χ4v) is 1.73. The first-order valence-corrected chi connectivity index (χ1v) is 4.81. The number of aromatic hydroxyl groups is 1. The van der Waals surface area contributed by atoms with Crippen molar-refractivity contribution in [3.63, 3.8) is 0 Å². The van der Waals surface area contributed by atoms with Crippen molar-refractivity contribution in [2.75, 3.05) is 6.54 Å². The fourth-order valence-electron chi connectivity index (χ4n) is 1.10. The van der Waals surface area contributed by atoms with E-state index < -0.39 is 6.10 Å². The molecule has 1 rings (SSSR count). The zero-order valence-electron chi connectivity index (χ0n) is 7.07. The average molecular weight is 246 g/mol. The topological polar surface area (TPSA) is 66.5 Å². The van der Waals surface area contributed by atoms with Crippen molar-refractivity contribution in [3.05, 3.63) is 28.2 Å². The minimum atomic E-state index is -0.569. The molecule has 0 saturated carbocycles. The summed E-state index contributed by atoms with van der Waals surface area (Å²) in [5, 5.41) is 18.7. The van der Waals surface area contributed by atoms with E-state index in [2.05, 4.69) is 15.9 Å². The van der Waals surface area contributed by atoms with E-state index in [0.29, 0.717) is 17.4 Å². The molecule has 72 valence electrons. The number of hydrogen-bond donors (Lipinski definition) is 3. The Morgan fingerprint density at radius 2 is 2.15 bits per heavy atom. The molecule has 0 radical (unpaired) electrons. The molecule has 0 heterocycles. The number of aliphatic hydroxyl groups is 1. The van der Waals surface area contributed by atoms with Crippen LogP contribution in [0.1, 0.15) is 18.1 Å². The molecule has 1 aromatic rings. The molecule has 1 unspecified atom stereocenters. The summed E-state index contributed by atoms with van der Waals surface area (Å²) in [6.07, 6.45) is -0.0522. The second-order valence-corrected chi connectivity index (χ2v) is 3.65. The lowest BCUT2D eigenvalue weighted by Gasteiger charge is -2.11. The van der Waals surface area contributed by atoms with E-state index in [-0.39, 0.29) is 5.75 Å². The molecule has 13 heavy (non-hydrogen) atoms. The van der Waals surface area contributed by atoms with Gasteiger partial charge in [0.2, 0.25) is 0 Å². The lowest BCUT2D eigenvalue weighted by atomic mass is 10.1. The number of rotatable bonds is 3. The van der Waals surface area contributed by atoms with Crippen LogP contribution in [0.15, 0.2) is 22.7 Å². The van der Waals surface area contributed by atoms with Gasteiger partial charge in [-0.15, -0.1) is 0 Å². The van der Waals surface area contributed by atoms with Crippen LogP contribution >= 0.6 is 15.9 Å². The summed E-state index contributed by atoms with van der Waals surface area (Å²) in [6, 6.07) is 4.77. The number of phenolic OH excluding ortho intramolecular Hbond substituents is 1. The molecule has 0 saturated heterocycles. The van der Waals surface area contributed by atoms with Gasteiger partial charge in [0.05, 0.1) is 6.10 Å². The highest BCUT2D eigenvalue weighted by Crippen LogP contribution is 2.28. The van der Waals surface area contributed by atoms with Crippen molar-refractivity contribution >= 4 is 15.9 Å². The molecule has 0 aromatic heterocycles. The van der Waals surface area contributed by atoms with Gasteiger partial charge in [-0.1, -0.05) is 22.0 Å². The van der Waals surface area contributed by atoms with Gasteiger partial charge in [0.15, 0.2) is 0 Å². The molecule has 4 N–H and O–H groups in total. The third kappa shape index (κ3) is 2.69. The van der Waals surface area contributed by atoms with Gasteiger partial charge in [0.25, 0.3) is 0 Å². The molecular weight excluding hydrogens is 234 g/mol. The number of hydrogen-bond acceptors (Lipinski definition) is 3. The van der Waals surface area contributed by atoms with E-state index >= 15 is 0 Å². The van der Waals surface area contributed by atoms with Crippen molar-refractivity contribution < 1.29 is 10.2 Å². The maximum absolute atomic E-state index is 9.60. The average Bonchev–Trinajstić information content (AvgIpc) is 2.04. The highest BCUT2D eigenvalue weighted by molar-refractivity contribution is 9.10. The summed E-state index contributed by atoms with van der Waals surface area (Å²) in [4.78, 5) is 0. The molecule has 0 aliphatic rings. The Morgan fingerprint density at radius 1 is 1.46 bits per heavy atom. The summed E-state index contributed by atoms with van der Waals surface area (Å²) in [5.74, 6) is 0.176. The second kappa shape index (κ2) is 4.60. The van der Waals surface area contributed by atoms with Gasteiger partial charge >= 0.3 is 0 Å². The van der Waals surface area contributed by atoms with Crippen LogP contribution < -0.4 is 5.73 Å². The number of nitrogens with two attached hydrogens (primary N) is 1. The lowest BCUT2D eigenvalue weighted by molar-refractivity contribution is 0.169. The molecule has 0 aliphatic heterocycles. The molecule has 0 bridgehead atoms. The van der Waals surface area contributed by atoms with Crippen molar-refractivity contribution in [3.8, 4) is 5.75 Å². The molecular formula is C9H12BrNO2. The first-order valence-electron chi connectivity index (χ1n) is 4.01. The van der Waals surface area contributed by atoms with E-state index in [1.807, 2.05) is 0 Å². The quantitative estimate of drug-likeness (QED) is 0.757. The van der Waals surface area contributed by atoms with Gasteiger partial charge in [0.1, 0.15) is 5.75 Å². The largest absolute Gasteiger partial charge is 0.508 e. The van der Waals surface area contributed by atoms with E-state index in [0.717, 1.165) is 5.56 Å². The van der Waals surface area contributed by atoms with Crippen LogP contribution in [0, 0.1) is 0 Å². The van der Waals surface area contributed by atoms with Crippen molar-refractivity contribution in [2.24, 2.45) is 5.73 Å². The molecule has 0 spiro atoms. The highest BCUT2D eigenvalue weighted by atomic mass is 79.9. The smallest absolute Gasteiger partial charge is 0.116 e. The third-order valence-electron chi connectivity index (χ3n) is 1.78. The monoisotopic (exact) mass is 245 g/mol. The van der Waals surface area contributed by atoms with E-state index in [9.17, 15) is 5.11 Å². The van der Waals surface area contributed by atoms with Gasteiger partial charge < -0.3 is 15.9 Å². The summed E-state index contributed by atoms with van der Waals surface area (Å²) >= 11 is 3.26. The number of halogens is 1. The Labute approximate surface area is 85.3 Å². The van der Waals surface area contributed by atoms with Crippen LogP contribution in [0.25, 0.3) is 0 Å². The second-order valence-electron chi connectivity index (χ2n) is 2.80. The van der Waals surface area contributed by atoms with Crippen LogP contribution in [0.2, 0.25) is 0 Å². The number of benzene rings is 1. The van der Waals surface area contributed by atoms with Gasteiger partial charge in [-0.2, -0.15) is 0 Å². The van der Waals surface area contributed by atoms with Crippen LogP contribution in [0.5, 0.6) is 5.75 Å². The summed E-state index contributed by atoms with van der Waals surface area (Å²) in [6.45, 7) is 0.439. The Balaban J connectivity index is 2.88. The Morgan fingerprint density at radius 3 is 2.69 bits per heavy atom. The maximum Gasteiger partial charge on any atom is 0.116 e. The third-order valence-corrected chi connectivity index (χ3v) is 2.47. The maximum atomic E-state index is 9.60. The van der Waals surface area contributed by atoms with E-state index in [1.165, 1.54) is 0 Å². The van der Waals surface area contributed by atoms with Gasteiger partial charge in [-0.05, 0) is 30.7 Å². The molecule has 0 amide bonds. The Hall–Kier alpha value is -0.580. The van der Waals surface area contributed by atoms with Crippen LogP contribution in [-0.4, -0.2) is 16.8 Å². The van der Waals surface area contributed by atoms with E-state index in [4.69, 9.17) is 10.8 Å². The minimum absolute atomic E-state index is 0.176. The zero-order chi connectivity index (χ0) is 9.84. The van der Waals surface area contributed by atoms with Crippen molar-refractivity contribution in [2.45, 2.75) is 12.5 Å². The first-order chi connectivity index (χ1) is 6.15. The highest BCUT2D eigenvalue weighted by Gasteiger charge is 2.10. The minimum Gasteiger partial charge on any atom is -0.508 e. The Kier molecular flexibility index (Phi) is 3.71. The van der Waals surface area contributed by atoms with Crippen LogP contribution in [0.3, 0.4) is 0 Å². The normalized spacial score (nSPS) is 12.8. The van der Waals surface area contributed by atoms with E-state index in [1.54, 1.807) is 18.2 Å². The zero-order valence-corrected chi connectivity index (χ0v) is 8.66.